The molecule has 6 heteroatoms. The normalized spacial score (nSPS) is 15.0. The van der Waals surface area contributed by atoms with Crippen LogP contribution in [0.15, 0.2) is 30.3 Å². The van der Waals surface area contributed by atoms with Crippen LogP contribution in [0.25, 0.3) is 0 Å². The Balaban J connectivity index is 1.78. The predicted molar refractivity (Wildman–Crippen MR) is 108 cm³/mol. The molecule has 1 aliphatic carbocycles. The van der Waals surface area contributed by atoms with Crippen molar-refractivity contribution >= 4 is 23.4 Å². The van der Waals surface area contributed by atoms with Crippen LogP contribution in [0.3, 0.4) is 0 Å². The molecule has 27 heavy (non-hydrogen) atoms. The number of hydrogen-bond acceptors (Lipinski definition) is 6. The first-order valence-electron chi connectivity index (χ1n) is 9.81. The van der Waals surface area contributed by atoms with Crippen LogP contribution in [0.1, 0.15) is 61.5 Å². The summed E-state index contributed by atoms with van der Waals surface area (Å²) < 4.78 is 5.13. The topological polar surface area (TPSA) is 76.1 Å². The highest BCUT2D eigenvalue weighted by Gasteiger charge is 2.15. The molecule has 1 aliphatic rings. The molecule has 0 saturated heterocycles. The molecule has 1 aromatic carbocycles. The molecule has 2 aromatic rings. The van der Waals surface area contributed by atoms with E-state index < -0.39 is 0 Å². The Bertz CT molecular complexity index is 771. The van der Waals surface area contributed by atoms with Gasteiger partial charge in [0.2, 0.25) is 5.95 Å². The maximum absolute atomic E-state index is 12.2. The average molecular weight is 368 g/mol. The van der Waals surface area contributed by atoms with Crippen LogP contribution >= 0.6 is 0 Å². The van der Waals surface area contributed by atoms with Crippen molar-refractivity contribution in [2.75, 3.05) is 17.2 Å². The van der Waals surface area contributed by atoms with E-state index in [0.29, 0.717) is 29.8 Å². The van der Waals surface area contributed by atoms with Crippen molar-refractivity contribution in [1.29, 1.82) is 0 Å². The molecular formula is C21H28N4O2. The van der Waals surface area contributed by atoms with Crippen LogP contribution in [0.5, 0.6) is 0 Å². The number of ether oxygens (including phenoxy) is 1. The SMILES string of the molecule is CCOC(=O)c1ccccc1Nc1nc(C)cc(NC2CCCCCC2)n1. The second-order valence-corrected chi connectivity index (χ2v) is 6.94. The molecule has 0 unspecified atom stereocenters. The summed E-state index contributed by atoms with van der Waals surface area (Å²) in [5, 5.41) is 6.74. The maximum atomic E-state index is 12.2. The highest BCUT2D eigenvalue weighted by Crippen LogP contribution is 2.23. The number of rotatable bonds is 6. The smallest absolute Gasteiger partial charge is 0.340 e. The number of aromatic nitrogens is 2. The second kappa shape index (κ2) is 9.35. The van der Waals surface area contributed by atoms with E-state index in [9.17, 15) is 4.79 Å². The van der Waals surface area contributed by atoms with Crippen molar-refractivity contribution in [2.45, 2.75) is 58.4 Å². The highest BCUT2D eigenvalue weighted by atomic mass is 16.5. The van der Waals surface area contributed by atoms with Crippen molar-refractivity contribution in [3.63, 3.8) is 0 Å². The van der Waals surface area contributed by atoms with E-state index in [-0.39, 0.29) is 5.97 Å². The Kier molecular flexibility index (Phi) is 6.63. The van der Waals surface area contributed by atoms with E-state index in [2.05, 4.69) is 20.6 Å². The minimum absolute atomic E-state index is 0.337. The lowest BCUT2D eigenvalue weighted by Crippen LogP contribution is -2.19. The molecule has 1 heterocycles. The van der Waals surface area contributed by atoms with Crippen LogP contribution in [-0.2, 0) is 4.74 Å². The molecule has 0 radical (unpaired) electrons. The fourth-order valence-corrected chi connectivity index (χ4v) is 3.43. The lowest BCUT2D eigenvalue weighted by atomic mass is 10.1. The van der Waals surface area contributed by atoms with E-state index >= 15 is 0 Å². The minimum Gasteiger partial charge on any atom is -0.462 e. The third-order valence-corrected chi connectivity index (χ3v) is 4.73. The zero-order chi connectivity index (χ0) is 19.1. The van der Waals surface area contributed by atoms with Gasteiger partial charge in [0.15, 0.2) is 0 Å². The van der Waals surface area contributed by atoms with Gasteiger partial charge in [0, 0.05) is 17.8 Å². The molecule has 0 spiro atoms. The Morgan fingerprint density at radius 2 is 1.89 bits per heavy atom. The fraction of sp³-hybridized carbons (Fsp3) is 0.476. The number of para-hydroxylation sites is 1. The number of carbonyl (C=O) groups is 1. The third-order valence-electron chi connectivity index (χ3n) is 4.73. The predicted octanol–water partition coefficient (Wildman–Crippen LogP) is 4.84. The standard InChI is InChI=1S/C21H28N4O2/c1-3-27-20(26)17-12-8-9-13-18(17)24-21-22-15(2)14-19(25-21)23-16-10-6-4-5-7-11-16/h8-9,12-14,16H,3-7,10-11H2,1-2H3,(H2,22,23,24,25). The summed E-state index contributed by atoms with van der Waals surface area (Å²) in [5.41, 5.74) is 1.99. The Hall–Kier alpha value is -2.63. The molecule has 2 N–H and O–H groups in total. The summed E-state index contributed by atoms with van der Waals surface area (Å²) in [7, 11) is 0. The van der Waals surface area contributed by atoms with Crippen LogP contribution < -0.4 is 10.6 Å². The zero-order valence-corrected chi connectivity index (χ0v) is 16.1. The van der Waals surface area contributed by atoms with Gasteiger partial charge in [0.1, 0.15) is 5.82 Å². The quantitative estimate of drug-likeness (QED) is 0.561. The highest BCUT2D eigenvalue weighted by molar-refractivity contribution is 5.96. The number of aryl methyl sites for hydroxylation is 1. The van der Waals surface area contributed by atoms with Gasteiger partial charge in [-0.25, -0.2) is 9.78 Å². The average Bonchev–Trinajstić information content (AvgIpc) is 2.90. The summed E-state index contributed by atoms with van der Waals surface area (Å²) in [6.45, 7) is 4.08. The van der Waals surface area contributed by atoms with Crippen molar-refractivity contribution in [3.8, 4) is 0 Å². The molecule has 1 saturated carbocycles. The number of carbonyl (C=O) groups excluding carboxylic acids is 1. The number of esters is 1. The Labute approximate surface area is 160 Å². The first kappa shape index (κ1) is 19.1. The van der Waals surface area contributed by atoms with E-state index in [4.69, 9.17) is 4.74 Å². The molecule has 1 aromatic heterocycles. The van der Waals surface area contributed by atoms with Crippen molar-refractivity contribution in [3.05, 3.63) is 41.6 Å². The summed E-state index contributed by atoms with van der Waals surface area (Å²) >= 11 is 0. The molecular weight excluding hydrogens is 340 g/mol. The summed E-state index contributed by atoms with van der Waals surface area (Å²) in [6.07, 6.45) is 7.52. The number of hydrogen-bond donors (Lipinski definition) is 2. The number of nitrogens with one attached hydrogen (secondary N) is 2. The zero-order valence-electron chi connectivity index (χ0n) is 16.1. The van der Waals surface area contributed by atoms with Gasteiger partial charge in [-0.15, -0.1) is 0 Å². The summed E-state index contributed by atoms with van der Waals surface area (Å²) in [6, 6.07) is 9.67. The van der Waals surface area contributed by atoms with E-state index in [1.807, 2.05) is 31.2 Å². The van der Waals surface area contributed by atoms with Gasteiger partial charge in [-0.1, -0.05) is 37.8 Å². The van der Waals surface area contributed by atoms with E-state index in [1.54, 1.807) is 13.0 Å². The van der Waals surface area contributed by atoms with Gasteiger partial charge >= 0.3 is 5.97 Å². The molecule has 6 nitrogen and oxygen atoms in total. The molecule has 1 fully saturated rings. The van der Waals surface area contributed by atoms with Crippen molar-refractivity contribution < 1.29 is 9.53 Å². The molecule has 0 atom stereocenters. The first-order valence-corrected chi connectivity index (χ1v) is 9.81. The van der Waals surface area contributed by atoms with Gasteiger partial charge in [-0.2, -0.15) is 4.98 Å². The lowest BCUT2D eigenvalue weighted by molar-refractivity contribution is 0.0527. The number of anilines is 3. The van der Waals surface area contributed by atoms with Crippen molar-refractivity contribution in [2.24, 2.45) is 0 Å². The van der Waals surface area contributed by atoms with Crippen LogP contribution in [0.2, 0.25) is 0 Å². The van der Waals surface area contributed by atoms with Gasteiger partial charge in [0.05, 0.1) is 17.9 Å². The van der Waals surface area contributed by atoms with Crippen molar-refractivity contribution in [1.82, 2.24) is 9.97 Å². The largest absolute Gasteiger partial charge is 0.462 e. The Morgan fingerprint density at radius 3 is 2.63 bits per heavy atom. The summed E-state index contributed by atoms with van der Waals surface area (Å²) in [5.74, 6) is 0.943. The lowest BCUT2D eigenvalue weighted by Gasteiger charge is -2.18. The third kappa shape index (κ3) is 5.42. The van der Waals surface area contributed by atoms with Gasteiger partial charge in [-0.05, 0) is 38.8 Å². The Morgan fingerprint density at radius 1 is 1.15 bits per heavy atom. The monoisotopic (exact) mass is 368 g/mol. The van der Waals surface area contributed by atoms with Gasteiger partial charge in [0.25, 0.3) is 0 Å². The van der Waals surface area contributed by atoms with Crippen LogP contribution in [-0.4, -0.2) is 28.6 Å². The molecule has 0 aliphatic heterocycles. The molecule has 3 rings (SSSR count). The van der Waals surface area contributed by atoms with E-state index in [0.717, 1.165) is 11.5 Å². The van der Waals surface area contributed by atoms with E-state index in [1.165, 1.54) is 38.5 Å². The minimum atomic E-state index is -0.356. The first-order chi connectivity index (χ1) is 13.2. The van der Waals surface area contributed by atoms with Gasteiger partial charge < -0.3 is 15.4 Å². The van der Waals surface area contributed by atoms with Crippen LogP contribution in [0.4, 0.5) is 17.5 Å². The molecule has 144 valence electrons. The maximum Gasteiger partial charge on any atom is 0.340 e. The number of benzene rings is 1. The number of nitrogens with zero attached hydrogens (tertiary/aromatic N) is 2. The molecule has 0 bridgehead atoms. The van der Waals surface area contributed by atoms with Gasteiger partial charge in [-0.3, -0.25) is 0 Å². The fourth-order valence-electron chi connectivity index (χ4n) is 3.43. The second-order valence-electron chi connectivity index (χ2n) is 6.94. The van der Waals surface area contributed by atoms with Crippen LogP contribution in [0, 0.1) is 6.92 Å². The molecule has 0 amide bonds. The summed E-state index contributed by atoms with van der Waals surface area (Å²) in [4.78, 5) is 21.3.